The van der Waals surface area contributed by atoms with Crippen LogP contribution in [0.2, 0.25) is 0 Å². The SMILES string of the molecule is CN(C)CCC1=CC(c2cccc([N+](=O)[O-])c2)NC(=S)N1.Cl. The third-order valence-corrected chi connectivity index (χ3v) is 3.42. The fraction of sp³-hybridized carbons (Fsp3) is 0.357. The van der Waals surface area contributed by atoms with E-state index in [9.17, 15) is 10.1 Å². The molecule has 0 saturated heterocycles. The van der Waals surface area contributed by atoms with Crippen molar-refractivity contribution in [1.82, 2.24) is 15.5 Å². The molecule has 0 aliphatic carbocycles. The Balaban J connectivity index is 0.00000242. The van der Waals surface area contributed by atoms with E-state index in [0.717, 1.165) is 24.2 Å². The molecule has 2 N–H and O–H groups in total. The summed E-state index contributed by atoms with van der Waals surface area (Å²) in [6.07, 6.45) is 2.87. The third-order valence-electron chi connectivity index (χ3n) is 3.20. The number of benzene rings is 1. The summed E-state index contributed by atoms with van der Waals surface area (Å²) in [7, 11) is 4.02. The number of nitro benzene ring substituents is 1. The summed E-state index contributed by atoms with van der Waals surface area (Å²) >= 11 is 5.21. The number of nitrogens with one attached hydrogen (secondary N) is 2. The lowest BCUT2D eigenvalue weighted by Gasteiger charge is -2.26. The number of rotatable bonds is 5. The predicted octanol–water partition coefficient (Wildman–Crippen LogP) is 2.37. The molecule has 2 rings (SSSR count). The largest absolute Gasteiger partial charge is 0.352 e. The van der Waals surface area contributed by atoms with Crippen LogP contribution in [0.15, 0.2) is 36.0 Å². The van der Waals surface area contributed by atoms with Crippen molar-refractivity contribution in [2.24, 2.45) is 0 Å². The molecule has 120 valence electrons. The number of nitro groups is 1. The van der Waals surface area contributed by atoms with Crippen molar-refractivity contribution in [2.75, 3.05) is 20.6 Å². The first-order valence-electron chi connectivity index (χ1n) is 6.63. The van der Waals surface area contributed by atoms with Crippen LogP contribution >= 0.6 is 24.6 Å². The Hall–Kier alpha value is -1.70. The van der Waals surface area contributed by atoms with Crippen LogP contribution in [-0.4, -0.2) is 35.6 Å². The second-order valence-electron chi connectivity index (χ2n) is 5.17. The average Bonchev–Trinajstić information content (AvgIpc) is 2.44. The molecule has 8 heteroatoms. The highest BCUT2D eigenvalue weighted by Gasteiger charge is 2.19. The Morgan fingerprint density at radius 3 is 2.77 bits per heavy atom. The maximum Gasteiger partial charge on any atom is 0.269 e. The molecule has 1 aromatic rings. The molecule has 0 aromatic heterocycles. The van der Waals surface area contributed by atoms with E-state index in [1.54, 1.807) is 12.1 Å². The highest BCUT2D eigenvalue weighted by Crippen LogP contribution is 2.23. The molecule has 0 spiro atoms. The highest BCUT2D eigenvalue weighted by molar-refractivity contribution is 7.80. The minimum Gasteiger partial charge on any atom is -0.352 e. The lowest BCUT2D eigenvalue weighted by atomic mass is 10.0. The molecule has 0 saturated carbocycles. The van der Waals surface area contributed by atoms with Gasteiger partial charge in [-0.3, -0.25) is 10.1 Å². The molecular formula is C14H19ClN4O2S. The van der Waals surface area contributed by atoms with Gasteiger partial charge in [-0.05, 0) is 38.0 Å². The molecular weight excluding hydrogens is 324 g/mol. The first-order chi connectivity index (χ1) is 9.95. The molecule has 0 fully saturated rings. The van der Waals surface area contributed by atoms with Gasteiger partial charge in [0.25, 0.3) is 5.69 Å². The normalized spacial score (nSPS) is 17.1. The van der Waals surface area contributed by atoms with Gasteiger partial charge in [-0.15, -0.1) is 12.4 Å². The zero-order valence-corrected chi connectivity index (χ0v) is 14.0. The molecule has 22 heavy (non-hydrogen) atoms. The molecule has 1 aromatic carbocycles. The van der Waals surface area contributed by atoms with Crippen LogP contribution in [0.3, 0.4) is 0 Å². The Bertz CT molecular complexity index is 592. The number of hydrogen-bond acceptors (Lipinski definition) is 4. The number of halogens is 1. The van der Waals surface area contributed by atoms with Crippen molar-refractivity contribution in [2.45, 2.75) is 12.5 Å². The van der Waals surface area contributed by atoms with E-state index in [-0.39, 0.29) is 29.1 Å². The molecule has 6 nitrogen and oxygen atoms in total. The van der Waals surface area contributed by atoms with Gasteiger partial charge >= 0.3 is 0 Å². The summed E-state index contributed by atoms with van der Waals surface area (Å²) in [6.45, 7) is 0.906. The fourth-order valence-electron chi connectivity index (χ4n) is 2.11. The fourth-order valence-corrected chi connectivity index (χ4v) is 2.37. The van der Waals surface area contributed by atoms with Crippen molar-refractivity contribution in [3.05, 3.63) is 51.7 Å². The lowest BCUT2D eigenvalue weighted by molar-refractivity contribution is -0.384. The van der Waals surface area contributed by atoms with E-state index < -0.39 is 0 Å². The minimum atomic E-state index is -0.389. The quantitative estimate of drug-likeness (QED) is 0.486. The van der Waals surface area contributed by atoms with Gasteiger partial charge in [0.05, 0.1) is 11.0 Å². The first-order valence-corrected chi connectivity index (χ1v) is 7.04. The third kappa shape index (κ3) is 4.94. The Kier molecular flexibility index (Phi) is 6.73. The van der Waals surface area contributed by atoms with Crippen molar-refractivity contribution in [3.63, 3.8) is 0 Å². The molecule has 1 aliphatic rings. The standard InChI is InChI=1S/C14H18N4O2S.ClH/c1-17(2)7-6-11-9-13(16-14(21)15-11)10-4-3-5-12(8-10)18(19)20;/h3-5,8-9,13H,6-7H2,1-2H3,(H2,15,16,21);1H. The van der Waals surface area contributed by atoms with Crippen LogP contribution in [0, 0.1) is 10.1 Å². The zero-order valence-electron chi connectivity index (χ0n) is 12.4. The van der Waals surface area contributed by atoms with Gasteiger partial charge in [0.2, 0.25) is 0 Å². The Labute approximate surface area is 141 Å². The number of non-ortho nitro benzene ring substituents is 1. The molecule has 1 unspecified atom stereocenters. The van der Waals surface area contributed by atoms with Crippen molar-refractivity contribution < 1.29 is 4.92 Å². The Morgan fingerprint density at radius 2 is 2.14 bits per heavy atom. The summed E-state index contributed by atoms with van der Waals surface area (Å²) < 4.78 is 0. The molecule has 1 atom stereocenters. The predicted molar refractivity (Wildman–Crippen MR) is 93.2 cm³/mol. The Morgan fingerprint density at radius 1 is 1.41 bits per heavy atom. The van der Waals surface area contributed by atoms with Crippen LogP contribution < -0.4 is 10.6 Å². The maximum atomic E-state index is 10.9. The second-order valence-corrected chi connectivity index (χ2v) is 5.58. The van der Waals surface area contributed by atoms with Crippen molar-refractivity contribution in [3.8, 4) is 0 Å². The average molecular weight is 343 g/mol. The summed E-state index contributed by atoms with van der Waals surface area (Å²) in [5.74, 6) is 0. The van der Waals surface area contributed by atoms with Gasteiger partial charge in [0.1, 0.15) is 0 Å². The zero-order chi connectivity index (χ0) is 15.4. The van der Waals surface area contributed by atoms with E-state index in [1.165, 1.54) is 6.07 Å². The monoisotopic (exact) mass is 342 g/mol. The van der Waals surface area contributed by atoms with Crippen LogP contribution in [-0.2, 0) is 0 Å². The van der Waals surface area contributed by atoms with E-state index in [2.05, 4.69) is 15.5 Å². The molecule has 0 amide bonds. The summed E-state index contributed by atoms with van der Waals surface area (Å²) in [5.41, 5.74) is 1.95. The van der Waals surface area contributed by atoms with E-state index in [1.807, 2.05) is 26.2 Å². The van der Waals surface area contributed by atoms with Gasteiger partial charge in [0, 0.05) is 30.8 Å². The highest BCUT2D eigenvalue weighted by atomic mass is 35.5. The van der Waals surface area contributed by atoms with Gasteiger partial charge in [-0.1, -0.05) is 12.1 Å². The van der Waals surface area contributed by atoms with Crippen LogP contribution in [0.4, 0.5) is 5.69 Å². The van der Waals surface area contributed by atoms with Crippen molar-refractivity contribution in [1.29, 1.82) is 0 Å². The molecule has 1 aliphatic heterocycles. The summed E-state index contributed by atoms with van der Waals surface area (Å²) in [5, 5.41) is 17.7. The van der Waals surface area contributed by atoms with Crippen molar-refractivity contribution >= 4 is 35.4 Å². The molecule has 0 radical (unpaired) electrons. The lowest BCUT2D eigenvalue weighted by Crippen LogP contribution is -2.41. The van der Waals surface area contributed by atoms with E-state index >= 15 is 0 Å². The van der Waals surface area contributed by atoms with Gasteiger partial charge in [-0.25, -0.2) is 0 Å². The molecule has 0 bridgehead atoms. The van der Waals surface area contributed by atoms with Crippen LogP contribution in [0.25, 0.3) is 0 Å². The smallest absolute Gasteiger partial charge is 0.269 e. The minimum absolute atomic E-state index is 0. The second kappa shape index (κ2) is 8.07. The van der Waals surface area contributed by atoms with Crippen LogP contribution in [0.5, 0.6) is 0 Å². The van der Waals surface area contributed by atoms with E-state index in [4.69, 9.17) is 12.2 Å². The first kappa shape index (κ1) is 18.3. The number of thiocarbonyl (C=S) groups is 1. The van der Waals surface area contributed by atoms with Gasteiger partial charge < -0.3 is 15.5 Å². The molecule has 1 heterocycles. The maximum absolute atomic E-state index is 10.9. The topological polar surface area (TPSA) is 70.4 Å². The number of hydrogen-bond donors (Lipinski definition) is 2. The van der Waals surface area contributed by atoms with Gasteiger partial charge in [-0.2, -0.15) is 0 Å². The van der Waals surface area contributed by atoms with E-state index in [0.29, 0.717) is 5.11 Å². The summed E-state index contributed by atoms with van der Waals surface area (Å²) in [6, 6.07) is 6.47. The summed E-state index contributed by atoms with van der Waals surface area (Å²) in [4.78, 5) is 12.6. The van der Waals surface area contributed by atoms with Gasteiger partial charge in [0.15, 0.2) is 5.11 Å². The van der Waals surface area contributed by atoms with Crippen LogP contribution in [0.1, 0.15) is 18.0 Å². The number of nitrogens with zero attached hydrogens (tertiary/aromatic N) is 2.